The summed E-state index contributed by atoms with van der Waals surface area (Å²) < 4.78 is 31.0. The smallest absolute Gasteiger partial charge is 0.238 e. The fourth-order valence-corrected chi connectivity index (χ4v) is 5.86. The van der Waals surface area contributed by atoms with Gasteiger partial charge in [-0.1, -0.05) is 6.07 Å². The summed E-state index contributed by atoms with van der Waals surface area (Å²) in [5, 5.41) is 13.7. The molecule has 2 saturated heterocycles. The third-order valence-electron chi connectivity index (χ3n) is 5.78. The van der Waals surface area contributed by atoms with Crippen molar-refractivity contribution >= 4 is 21.6 Å². The second-order valence-electron chi connectivity index (χ2n) is 7.80. The molecule has 156 valence electrons. The van der Waals surface area contributed by atoms with E-state index < -0.39 is 21.7 Å². The zero-order valence-corrected chi connectivity index (χ0v) is 17.5. The molecule has 1 aromatic carbocycles. The van der Waals surface area contributed by atoms with Crippen LogP contribution in [-0.4, -0.2) is 79.8 Å². The van der Waals surface area contributed by atoms with Crippen LogP contribution in [0.25, 0.3) is 0 Å². The molecule has 2 N–H and O–H groups in total. The third-order valence-corrected chi connectivity index (χ3v) is 7.12. The first-order chi connectivity index (χ1) is 13.2. The number of nitrogens with one attached hydrogen (secondary N) is 1. The van der Waals surface area contributed by atoms with Crippen LogP contribution in [0.3, 0.4) is 0 Å². The number of aryl methyl sites for hydroxylation is 1. The largest absolute Gasteiger partial charge is 0.495 e. The van der Waals surface area contributed by atoms with Gasteiger partial charge in [-0.25, -0.2) is 8.42 Å². The fourth-order valence-electron chi connectivity index (χ4n) is 4.43. The van der Waals surface area contributed by atoms with Gasteiger partial charge in [0.25, 0.3) is 0 Å². The predicted octanol–water partition coefficient (Wildman–Crippen LogP) is 0.803. The van der Waals surface area contributed by atoms with E-state index in [1.807, 2.05) is 24.0 Å². The lowest BCUT2D eigenvalue weighted by Gasteiger charge is -2.47. The number of carbonyl (C=O) groups is 1. The Morgan fingerprint density at radius 3 is 2.75 bits per heavy atom. The van der Waals surface area contributed by atoms with Crippen LogP contribution in [0.2, 0.25) is 0 Å². The summed E-state index contributed by atoms with van der Waals surface area (Å²) in [5.74, 6) is 0.393. The Morgan fingerprint density at radius 2 is 2.11 bits per heavy atom. The Bertz CT molecular complexity index is 844. The quantitative estimate of drug-likeness (QED) is 0.744. The van der Waals surface area contributed by atoms with Crippen molar-refractivity contribution in [3.05, 3.63) is 23.8 Å². The second kappa shape index (κ2) is 7.98. The standard InChI is InChI=1S/C19H29N3O5S/c1-14-5-6-16(27-2)15(11-14)20-18(24)13-21-10-8-19(17(23)12-21)7-4-9-22(19)28(3,25)26/h5-6,11,17,23H,4,7-10,12-13H2,1-3H3,(H,20,24)/t17-,19-/m0/s1. The summed E-state index contributed by atoms with van der Waals surface area (Å²) in [5.41, 5.74) is 0.884. The summed E-state index contributed by atoms with van der Waals surface area (Å²) in [7, 11) is -1.82. The maximum absolute atomic E-state index is 12.5. The number of ether oxygens (including phenoxy) is 1. The molecule has 28 heavy (non-hydrogen) atoms. The molecule has 2 aliphatic heterocycles. The number of amides is 1. The number of benzene rings is 1. The monoisotopic (exact) mass is 411 g/mol. The van der Waals surface area contributed by atoms with Gasteiger partial charge in [0, 0.05) is 19.6 Å². The highest BCUT2D eigenvalue weighted by molar-refractivity contribution is 7.88. The fraction of sp³-hybridized carbons (Fsp3) is 0.632. The molecule has 1 aromatic rings. The number of nitrogens with zero attached hydrogens (tertiary/aromatic N) is 2. The topological polar surface area (TPSA) is 99.2 Å². The summed E-state index contributed by atoms with van der Waals surface area (Å²) in [6.45, 7) is 3.34. The lowest BCUT2D eigenvalue weighted by molar-refractivity contribution is -0.119. The third kappa shape index (κ3) is 4.17. The van der Waals surface area contributed by atoms with Crippen LogP contribution in [0.5, 0.6) is 5.75 Å². The van der Waals surface area contributed by atoms with E-state index >= 15 is 0 Å². The molecule has 0 bridgehead atoms. The summed E-state index contributed by atoms with van der Waals surface area (Å²) in [6.07, 6.45) is 2.30. The number of sulfonamides is 1. The minimum Gasteiger partial charge on any atom is -0.495 e. The Balaban J connectivity index is 1.64. The van der Waals surface area contributed by atoms with E-state index in [1.54, 1.807) is 13.2 Å². The van der Waals surface area contributed by atoms with Gasteiger partial charge in [0.15, 0.2) is 0 Å². The van der Waals surface area contributed by atoms with Gasteiger partial charge in [0.1, 0.15) is 5.75 Å². The number of aliphatic hydroxyl groups is 1. The minimum atomic E-state index is -3.37. The van der Waals surface area contributed by atoms with Crippen molar-refractivity contribution in [1.29, 1.82) is 0 Å². The SMILES string of the molecule is COc1ccc(C)cc1NC(=O)CN1CC[C@@]2(CCCN2S(C)(=O)=O)[C@@H](O)C1. The first-order valence-electron chi connectivity index (χ1n) is 9.48. The molecule has 2 aliphatic rings. The molecule has 2 atom stereocenters. The number of anilines is 1. The Kier molecular flexibility index (Phi) is 6.00. The number of hydrogen-bond donors (Lipinski definition) is 2. The molecule has 1 spiro atoms. The number of rotatable bonds is 5. The first-order valence-corrected chi connectivity index (χ1v) is 11.3. The average molecular weight is 412 g/mol. The van der Waals surface area contributed by atoms with Crippen LogP contribution >= 0.6 is 0 Å². The van der Waals surface area contributed by atoms with Gasteiger partial charge in [-0.05, 0) is 43.9 Å². The maximum Gasteiger partial charge on any atom is 0.238 e. The van der Waals surface area contributed by atoms with Crippen molar-refractivity contribution in [2.24, 2.45) is 0 Å². The molecule has 0 unspecified atom stereocenters. The van der Waals surface area contributed by atoms with Crippen molar-refractivity contribution in [1.82, 2.24) is 9.21 Å². The van der Waals surface area contributed by atoms with Crippen LogP contribution in [-0.2, 0) is 14.8 Å². The number of carbonyl (C=O) groups excluding carboxylic acids is 1. The highest BCUT2D eigenvalue weighted by atomic mass is 32.2. The molecule has 0 saturated carbocycles. The van der Waals surface area contributed by atoms with Crippen molar-refractivity contribution in [2.75, 3.05) is 44.9 Å². The Labute approximate surface area is 166 Å². The normalized spacial score (nSPS) is 26.5. The maximum atomic E-state index is 12.5. The summed E-state index contributed by atoms with van der Waals surface area (Å²) >= 11 is 0. The zero-order valence-electron chi connectivity index (χ0n) is 16.6. The van der Waals surface area contributed by atoms with Crippen LogP contribution in [0.15, 0.2) is 18.2 Å². The number of piperidine rings is 1. The van der Waals surface area contributed by atoms with E-state index in [9.17, 15) is 18.3 Å². The number of methoxy groups -OCH3 is 1. The van der Waals surface area contributed by atoms with E-state index in [0.717, 1.165) is 12.0 Å². The van der Waals surface area contributed by atoms with Gasteiger partial charge >= 0.3 is 0 Å². The van der Waals surface area contributed by atoms with Gasteiger partial charge in [-0.3, -0.25) is 9.69 Å². The van der Waals surface area contributed by atoms with Crippen molar-refractivity contribution in [2.45, 2.75) is 37.8 Å². The van der Waals surface area contributed by atoms with Gasteiger partial charge in [0.05, 0.1) is 37.2 Å². The van der Waals surface area contributed by atoms with Gasteiger partial charge in [-0.2, -0.15) is 4.31 Å². The molecule has 8 nitrogen and oxygen atoms in total. The first kappa shape index (κ1) is 21.0. The molecule has 9 heteroatoms. The number of β-amino-alcohol motifs (C(OH)–C–C–N with tert-alkyl or cyclic N) is 1. The highest BCUT2D eigenvalue weighted by Crippen LogP contribution is 2.40. The molecule has 0 aliphatic carbocycles. The van der Waals surface area contributed by atoms with Crippen molar-refractivity contribution in [3.63, 3.8) is 0 Å². The van der Waals surface area contributed by atoms with Crippen LogP contribution < -0.4 is 10.1 Å². The summed E-state index contributed by atoms with van der Waals surface area (Å²) in [6, 6.07) is 5.56. The second-order valence-corrected chi connectivity index (χ2v) is 9.70. The summed E-state index contributed by atoms with van der Waals surface area (Å²) in [4.78, 5) is 14.4. The Morgan fingerprint density at radius 1 is 1.36 bits per heavy atom. The molecular formula is C19H29N3O5S. The van der Waals surface area contributed by atoms with Crippen LogP contribution in [0.4, 0.5) is 5.69 Å². The highest BCUT2D eigenvalue weighted by Gasteiger charge is 2.52. The molecule has 0 radical (unpaired) electrons. The van der Waals surface area contributed by atoms with E-state index in [-0.39, 0.29) is 19.0 Å². The van der Waals surface area contributed by atoms with Crippen LogP contribution in [0, 0.1) is 6.92 Å². The van der Waals surface area contributed by atoms with Crippen molar-refractivity contribution < 1.29 is 23.1 Å². The minimum absolute atomic E-state index is 0.128. The van der Waals surface area contributed by atoms with Gasteiger partial charge in [-0.15, -0.1) is 0 Å². The average Bonchev–Trinajstić information content (AvgIpc) is 3.04. The van der Waals surface area contributed by atoms with Gasteiger partial charge < -0.3 is 15.2 Å². The van der Waals surface area contributed by atoms with Crippen molar-refractivity contribution in [3.8, 4) is 5.75 Å². The molecular weight excluding hydrogens is 382 g/mol. The number of aliphatic hydroxyl groups excluding tert-OH is 1. The van der Waals surface area contributed by atoms with E-state index in [4.69, 9.17) is 4.74 Å². The predicted molar refractivity (Wildman–Crippen MR) is 107 cm³/mol. The zero-order chi connectivity index (χ0) is 20.5. The molecule has 2 fully saturated rings. The molecule has 1 amide bonds. The van der Waals surface area contributed by atoms with E-state index in [0.29, 0.717) is 37.4 Å². The number of likely N-dealkylation sites (tertiary alicyclic amines) is 1. The molecule has 3 rings (SSSR count). The van der Waals surface area contributed by atoms with E-state index in [1.165, 1.54) is 10.6 Å². The molecule has 0 aromatic heterocycles. The lowest BCUT2D eigenvalue weighted by Crippen LogP contribution is -2.63. The number of hydrogen-bond acceptors (Lipinski definition) is 6. The molecule has 2 heterocycles. The Hall–Kier alpha value is -1.68. The lowest BCUT2D eigenvalue weighted by atomic mass is 9.83. The van der Waals surface area contributed by atoms with Gasteiger partial charge in [0.2, 0.25) is 15.9 Å². The van der Waals surface area contributed by atoms with Crippen LogP contribution in [0.1, 0.15) is 24.8 Å². The van der Waals surface area contributed by atoms with E-state index in [2.05, 4.69) is 5.32 Å².